The molecular weight excluding hydrogens is 316 g/mol. The summed E-state index contributed by atoms with van der Waals surface area (Å²) in [5, 5.41) is 10.1. The Morgan fingerprint density at radius 2 is 2.16 bits per heavy atom. The predicted octanol–water partition coefficient (Wildman–Crippen LogP) is 2.63. The average molecular weight is 346 g/mol. The summed E-state index contributed by atoms with van der Waals surface area (Å²) in [4.78, 5) is 16.9. The van der Waals surface area contributed by atoms with Crippen LogP contribution in [-0.4, -0.2) is 59.7 Å². The first-order valence-electron chi connectivity index (χ1n) is 9.50. The quantitative estimate of drug-likeness (QED) is 0.860. The van der Waals surface area contributed by atoms with Gasteiger partial charge in [0.05, 0.1) is 12.6 Å². The van der Waals surface area contributed by atoms with Crippen LogP contribution in [0.5, 0.6) is 5.75 Å². The molecule has 25 heavy (non-hydrogen) atoms. The van der Waals surface area contributed by atoms with Crippen molar-refractivity contribution in [3.63, 3.8) is 0 Å². The number of likely N-dealkylation sites (tertiary alicyclic amines) is 1. The smallest absolute Gasteiger partial charge is 0.236 e. The Kier molecular flexibility index (Phi) is 6.32. The molecule has 0 aliphatic carbocycles. The van der Waals surface area contributed by atoms with Crippen molar-refractivity contribution in [3.8, 4) is 5.75 Å². The van der Waals surface area contributed by atoms with Gasteiger partial charge in [-0.2, -0.15) is 0 Å². The van der Waals surface area contributed by atoms with Crippen LogP contribution in [0.15, 0.2) is 24.3 Å². The van der Waals surface area contributed by atoms with Crippen molar-refractivity contribution in [3.05, 3.63) is 29.8 Å². The Morgan fingerprint density at radius 1 is 1.32 bits per heavy atom. The molecule has 1 aromatic rings. The van der Waals surface area contributed by atoms with Crippen LogP contribution in [0.3, 0.4) is 0 Å². The Balaban J connectivity index is 1.64. The van der Waals surface area contributed by atoms with Crippen LogP contribution in [0.1, 0.15) is 38.2 Å². The number of ether oxygens (including phenoxy) is 1. The van der Waals surface area contributed by atoms with Crippen LogP contribution in [-0.2, 0) is 16.1 Å². The summed E-state index contributed by atoms with van der Waals surface area (Å²) < 4.78 is 5.77. The van der Waals surface area contributed by atoms with Crippen LogP contribution in [0.4, 0.5) is 0 Å². The zero-order chi connectivity index (χ0) is 17.6. The van der Waals surface area contributed by atoms with E-state index in [9.17, 15) is 9.90 Å². The van der Waals surface area contributed by atoms with Gasteiger partial charge in [0.2, 0.25) is 5.91 Å². The molecule has 2 unspecified atom stereocenters. The molecule has 2 atom stereocenters. The van der Waals surface area contributed by atoms with E-state index < -0.39 is 0 Å². The largest absolute Gasteiger partial charge is 0.508 e. The highest BCUT2D eigenvalue weighted by molar-refractivity contribution is 5.78. The summed E-state index contributed by atoms with van der Waals surface area (Å²) in [7, 11) is 0. The molecule has 2 heterocycles. The molecule has 2 fully saturated rings. The first-order valence-corrected chi connectivity index (χ1v) is 9.50. The highest BCUT2D eigenvalue weighted by Gasteiger charge is 2.25. The Labute approximate surface area is 150 Å². The molecule has 1 aromatic carbocycles. The monoisotopic (exact) mass is 346 g/mol. The second kappa shape index (κ2) is 8.68. The molecule has 2 aliphatic heterocycles. The third-order valence-electron chi connectivity index (χ3n) is 5.24. The van der Waals surface area contributed by atoms with Gasteiger partial charge in [-0.3, -0.25) is 9.69 Å². The third-order valence-corrected chi connectivity index (χ3v) is 5.24. The van der Waals surface area contributed by atoms with Crippen molar-refractivity contribution in [2.45, 2.75) is 45.3 Å². The molecule has 2 saturated heterocycles. The maximum absolute atomic E-state index is 12.8. The lowest BCUT2D eigenvalue weighted by molar-refractivity contribution is -0.134. The fraction of sp³-hybridized carbons (Fsp3) is 0.650. The van der Waals surface area contributed by atoms with E-state index in [1.54, 1.807) is 6.07 Å². The lowest BCUT2D eigenvalue weighted by Gasteiger charge is -2.33. The van der Waals surface area contributed by atoms with E-state index in [4.69, 9.17) is 4.74 Å². The summed E-state index contributed by atoms with van der Waals surface area (Å²) >= 11 is 0. The fourth-order valence-corrected chi connectivity index (χ4v) is 3.85. The van der Waals surface area contributed by atoms with Gasteiger partial charge in [-0.05, 0) is 37.7 Å². The van der Waals surface area contributed by atoms with Crippen molar-refractivity contribution < 1.29 is 14.6 Å². The Hall–Kier alpha value is -1.59. The second-order valence-electron chi connectivity index (χ2n) is 7.52. The van der Waals surface area contributed by atoms with Gasteiger partial charge in [0.25, 0.3) is 0 Å². The molecule has 0 aromatic heterocycles. The number of aromatic hydroxyl groups is 1. The summed E-state index contributed by atoms with van der Waals surface area (Å²) in [5.41, 5.74) is 0.861. The number of para-hydroxylation sites is 1. The van der Waals surface area contributed by atoms with Gasteiger partial charge in [-0.15, -0.1) is 0 Å². The van der Waals surface area contributed by atoms with E-state index >= 15 is 0 Å². The molecular formula is C20H30N2O3. The number of benzene rings is 1. The zero-order valence-corrected chi connectivity index (χ0v) is 15.2. The molecule has 2 aliphatic rings. The van der Waals surface area contributed by atoms with Crippen molar-refractivity contribution in [1.29, 1.82) is 0 Å². The average Bonchev–Trinajstić information content (AvgIpc) is 3.10. The van der Waals surface area contributed by atoms with Crippen LogP contribution < -0.4 is 0 Å². The normalized spacial score (nSPS) is 24.0. The number of amides is 1. The number of carbonyl (C=O) groups is 1. The minimum atomic E-state index is 0.193. The third kappa shape index (κ3) is 5.19. The van der Waals surface area contributed by atoms with Crippen molar-refractivity contribution >= 4 is 5.91 Å². The number of phenolic OH excluding ortho intramolecular Hbond substituents is 1. The molecule has 0 spiro atoms. The molecule has 1 N–H and O–H groups in total. The minimum absolute atomic E-state index is 0.193. The van der Waals surface area contributed by atoms with Gasteiger partial charge in [-0.25, -0.2) is 0 Å². The second-order valence-corrected chi connectivity index (χ2v) is 7.52. The first kappa shape index (κ1) is 18.2. The molecule has 138 valence electrons. The van der Waals surface area contributed by atoms with E-state index in [2.05, 4.69) is 11.8 Å². The van der Waals surface area contributed by atoms with Gasteiger partial charge >= 0.3 is 0 Å². The van der Waals surface area contributed by atoms with Gasteiger partial charge in [0, 0.05) is 38.3 Å². The molecule has 5 nitrogen and oxygen atoms in total. The van der Waals surface area contributed by atoms with E-state index in [-0.39, 0.29) is 12.0 Å². The van der Waals surface area contributed by atoms with Gasteiger partial charge in [-0.1, -0.05) is 25.1 Å². The molecule has 0 bridgehead atoms. The zero-order valence-electron chi connectivity index (χ0n) is 15.2. The summed E-state index contributed by atoms with van der Waals surface area (Å²) in [6.07, 6.45) is 4.64. The SMILES string of the molecule is CC1CCCN(C(=O)CN(Cc2ccccc2O)CC2CCCO2)C1. The fourth-order valence-electron chi connectivity index (χ4n) is 3.85. The standard InChI is InChI=1S/C20H30N2O3/c1-16-6-4-10-22(12-16)20(24)15-21(14-18-8-5-11-25-18)13-17-7-2-3-9-19(17)23/h2-3,7,9,16,18,23H,4-6,8,10-15H2,1H3. The Morgan fingerprint density at radius 3 is 2.88 bits per heavy atom. The van der Waals surface area contributed by atoms with Crippen LogP contribution >= 0.6 is 0 Å². The number of hydrogen-bond donors (Lipinski definition) is 1. The molecule has 0 saturated carbocycles. The van der Waals surface area contributed by atoms with E-state index in [1.165, 1.54) is 6.42 Å². The number of phenols is 1. The molecule has 3 rings (SSSR count). The minimum Gasteiger partial charge on any atom is -0.508 e. The van der Waals surface area contributed by atoms with Crippen molar-refractivity contribution in [2.24, 2.45) is 5.92 Å². The predicted molar refractivity (Wildman–Crippen MR) is 97.3 cm³/mol. The highest BCUT2D eigenvalue weighted by Crippen LogP contribution is 2.21. The number of rotatable bonds is 6. The summed E-state index contributed by atoms with van der Waals surface area (Å²) in [6.45, 7) is 6.46. The number of piperidine rings is 1. The van der Waals surface area contributed by atoms with E-state index in [0.717, 1.165) is 51.1 Å². The van der Waals surface area contributed by atoms with Gasteiger partial charge < -0.3 is 14.7 Å². The Bertz CT molecular complexity index is 572. The van der Waals surface area contributed by atoms with Crippen LogP contribution in [0.2, 0.25) is 0 Å². The topological polar surface area (TPSA) is 53.0 Å². The van der Waals surface area contributed by atoms with Crippen molar-refractivity contribution in [2.75, 3.05) is 32.8 Å². The lowest BCUT2D eigenvalue weighted by atomic mass is 10.0. The maximum atomic E-state index is 12.8. The number of hydrogen-bond acceptors (Lipinski definition) is 4. The van der Waals surface area contributed by atoms with Crippen molar-refractivity contribution in [1.82, 2.24) is 9.80 Å². The number of carbonyl (C=O) groups excluding carboxylic acids is 1. The van der Waals surface area contributed by atoms with E-state index in [1.807, 2.05) is 23.1 Å². The summed E-state index contributed by atoms with van der Waals surface area (Å²) in [5.74, 6) is 1.07. The molecule has 5 heteroatoms. The first-order chi connectivity index (χ1) is 12.1. The highest BCUT2D eigenvalue weighted by atomic mass is 16.5. The van der Waals surface area contributed by atoms with Crippen LogP contribution in [0, 0.1) is 5.92 Å². The summed E-state index contributed by atoms with van der Waals surface area (Å²) in [6, 6.07) is 7.37. The van der Waals surface area contributed by atoms with Gasteiger partial charge in [0.1, 0.15) is 5.75 Å². The molecule has 1 amide bonds. The molecule has 0 radical (unpaired) electrons. The lowest BCUT2D eigenvalue weighted by Crippen LogP contribution is -2.46. The van der Waals surface area contributed by atoms with E-state index in [0.29, 0.717) is 24.8 Å². The van der Waals surface area contributed by atoms with Crippen LogP contribution in [0.25, 0.3) is 0 Å². The number of nitrogens with zero attached hydrogens (tertiary/aromatic N) is 2. The maximum Gasteiger partial charge on any atom is 0.236 e. The van der Waals surface area contributed by atoms with Gasteiger partial charge in [0.15, 0.2) is 0 Å².